The molecule has 0 fully saturated rings. The molecule has 3 aromatic rings. The number of rotatable bonds is 8. The average Bonchev–Trinajstić information content (AvgIpc) is 3.19. The number of thiazole rings is 1. The molecule has 0 spiro atoms. The molecule has 0 atom stereocenters. The van der Waals surface area contributed by atoms with Gasteiger partial charge in [-0.15, -0.1) is 11.3 Å². The van der Waals surface area contributed by atoms with Gasteiger partial charge in [-0.05, 0) is 30.7 Å². The minimum absolute atomic E-state index is 0.239. The zero-order valence-corrected chi connectivity index (χ0v) is 16.7. The Bertz CT molecular complexity index is 966. The van der Waals surface area contributed by atoms with Crippen LogP contribution in [0.5, 0.6) is 11.5 Å². The van der Waals surface area contributed by atoms with Crippen LogP contribution in [0.15, 0.2) is 60.0 Å². The van der Waals surface area contributed by atoms with Crippen molar-refractivity contribution in [3.8, 4) is 22.8 Å². The van der Waals surface area contributed by atoms with Crippen LogP contribution in [0, 0.1) is 0 Å². The fourth-order valence-electron chi connectivity index (χ4n) is 2.52. The number of anilines is 1. The molecule has 28 heavy (non-hydrogen) atoms. The van der Waals surface area contributed by atoms with Crippen LogP contribution < -0.4 is 14.8 Å². The number of para-hydroxylation sites is 1. The fraction of sp³-hybridized carbons (Fsp3) is 0.182. The van der Waals surface area contributed by atoms with Gasteiger partial charge in [0.1, 0.15) is 11.5 Å². The first-order chi connectivity index (χ1) is 13.7. The van der Waals surface area contributed by atoms with Gasteiger partial charge in [0.05, 0.1) is 19.4 Å². The van der Waals surface area contributed by atoms with Crippen molar-refractivity contribution in [1.82, 2.24) is 4.98 Å². The second-order valence-electron chi connectivity index (χ2n) is 5.98. The minimum atomic E-state index is -0.239. The van der Waals surface area contributed by atoms with Crippen LogP contribution in [0.25, 0.3) is 17.3 Å². The standard InChI is InChI=1S/C22H22N2O3S/c1-3-13-27-20-10-5-4-7-16(20)11-12-21(25)24-22-23-19(15-28-22)17-8-6-9-18(14-17)26-2/h4-12,14-15H,3,13H2,1-2H3,(H,23,24,25). The van der Waals surface area contributed by atoms with Crippen molar-refractivity contribution in [2.45, 2.75) is 13.3 Å². The zero-order chi connectivity index (χ0) is 19.8. The number of carbonyl (C=O) groups is 1. The van der Waals surface area contributed by atoms with Crippen LogP contribution in [-0.4, -0.2) is 24.6 Å². The van der Waals surface area contributed by atoms with Crippen molar-refractivity contribution >= 4 is 28.5 Å². The maximum absolute atomic E-state index is 12.3. The third-order valence-electron chi connectivity index (χ3n) is 3.89. The van der Waals surface area contributed by atoms with E-state index in [-0.39, 0.29) is 5.91 Å². The van der Waals surface area contributed by atoms with Crippen molar-refractivity contribution in [2.75, 3.05) is 19.0 Å². The summed E-state index contributed by atoms with van der Waals surface area (Å²) in [6.45, 7) is 2.70. The van der Waals surface area contributed by atoms with E-state index in [0.717, 1.165) is 34.7 Å². The van der Waals surface area contributed by atoms with Crippen LogP contribution in [0.3, 0.4) is 0 Å². The number of methoxy groups -OCH3 is 1. The maximum Gasteiger partial charge on any atom is 0.250 e. The third-order valence-corrected chi connectivity index (χ3v) is 4.65. The van der Waals surface area contributed by atoms with Crippen molar-refractivity contribution < 1.29 is 14.3 Å². The summed E-state index contributed by atoms with van der Waals surface area (Å²) >= 11 is 1.38. The molecule has 5 nitrogen and oxygen atoms in total. The van der Waals surface area contributed by atoms with E-state index in [4.69, 9.17) is 9.47 Å². The second kappa shape index (κ2) is 9.71. The molecule has 0 unspecified atom stereocenters. The summed E-state index contributed by atoms with van der Waals surface area (Å²) in [7, 11) is 1.63. The number of ether oxygens (including phenoxy) is 2. The summed E-state index contributed by atoms with van der Waals surface area (Å²) in [5.41, 5.74) is 2.59. The highest BCUT2D eigenvalue weighted by Gasteiger charge is 2.08. The lowest BCUT2D eigenvalue weighted by molar-refractivity contribution is -0.111. The Labute approximate surface area is 168 Å². The van der Waals surface area contributed by atoms with E-state index in [1.807, 2.05) is 53.9 Å². The fourth-order valence-corrected chi connectivity index (χ4v) is 3.24. The van der Waals surface area contributed by atoms with Crippen LogP contribution in [-0.2, 0) is 4.79 Å². The summed E-state index contributed by atoms with van der Waals surface area (Å²) in [5, 5.41) is 5.25. The topological polar surface area (TPSA) is 60.5 Å². The lowest BCUT2D eigenvalue weighted by atomic mass is 10.2. The van der Waals surface area contributed by atoms with Gasteiger partial charge in [0.2, 0.25) is 5.91 Å². The first-order valence-electron chi connectivity index (χ1n) is 9.00. The molecule has 1 amide bonds. The zero-order valence-electron chi connectivity index (χ0n) is 15.8. The van der Waals surface area contributed by atoms with Gasteiger partial charge in [-0.3, -0.25) is 10.1 Å². The van der Waals surface area contributed by atoms with Crippen LogP contribution in [0.4, 0.5) is 5.13 Å². The van der Waals surface area contributed by atoms with Crippen molar-refractivity contribution in [2.24, 2.45) is 0 Å². The summed E-state index contributed by atoms with van der Waals surface area (Å²) < 4.78 is 10.9. The molecule has 0 aliphatic carbocycles. The lowest BCUT2D eigenvalue weighted by Gasteiger charge is -2.07. The van der Waals surface area contributed by atoms with E-state index in [0.29, 0.717) is 11.7 Å². The van der Waals surface area contributed by atoms with Crippen LogP contribution in [0.2, 0.25) is 0 Å². The SMILES string of the molecule is CCCOc1ccccc1C=CC(=O)Nc1nc(-c2cccc(OC)c2)cs1. The Kier molecular flexibility index (Phi) is 6.81. The summed E-state index contributed by atoms with van der Waals surface area (Å²) in [5.74, 6) is 1.29. The molecule has 144 valence electrons. The molecule has 0 bridgehead atoms. The van der Waals surface area contributed by atoms with Gasteiger partial charge in [0, 0.05) is 22.6 Å². The molecule has 0 saturated carbocycles. The van der Waals surface area contributed by atoms with E-state index in [1.54, 1.807) is 13.2 Å². The van der Waals surface area contributed by atoms with E-state index in [1.165, 1.54) is 17.4 Å². The first-order valence-corrected chi connectivity index (χ1v) is 9.88. The number of hydrogen-bond donors (Lipinski definition) is 1. The number of aromatic nitrogens is 1. The van der Waals surface area contributed by atoms with E-state index in [9.17, 15) is 4.79 Å². The molecule has 2 aromatic carbocycles. The Morgan fingerprint density at radius 3 is 2.89 bits per heavy atom. The van der Waals surface area contributed by atoms with Gasteiger partial charge in [0.15, 0.2) is 5.13 Å². The molecule has 0 aliphatic heterocycles. The lowest BCUT2D eigenvalue weighted by Crippen LogP contribution is -2.07. The molecule has 6 heteroatoms. The highest BCUT2D eigenvalue weighted by Crippen LogP contribution is 2.27. The van der Waals surface area contributed by atoms with Gasteiger partial charge < -0.3 is 9.47 Å². The molecule has 0 radical (unpaired) electrons. The third kappa shape index (κ3) is 5.20. The van der Waals surface area contributed by atoms with Gasteiger partial charge in [0.25, 0.3) is 0 Å². The van der Waals surface area contributed by atoms with E-state index in [2.05, 4.69) is 17.2 Å². The monoisotopic (exact) mass is 394 g/mol. The number of hydrogen-bond acceptors (Lipinski definition) is 5. The predicted octanol–water partition coefficient (Wildman–Crippen LogP) is 5.26. The Morgan fingerprint density at radius 2 is 2.07 bits per heavy atom. The van der Waals surface area contributed by atoms with E-state index < -0.39 is 0 Å². The second-order valence-corrected chi connectivity index (χ2v) is 6.84. The number of benzene rings is 2. The number of nitrogens with zero attached hydrogens (tertiary/aromatic N) is 1. The normalized spacial score (nSPS) is 10.8. The number of carbonyl (C=O) groups excluding carboxylic acids is 1. The van der Waals surface area contributed by atoms with Crippen LogP contribution >= 0.6 is 11.3 Å². The van der Waals surface area contributed by atoms with Gasteiger partial charge >= 0.3 is 0 Å². The first kappa shape index (κ1) is 19.6. The molecule has 0 aliphatic rings. The average molecular weight is 394 g/mol. The quantitative estimate of drug-likeness (QED) is 0.530. The Hall–Kier alpha value is -3.12. The van der Waals surface area contributed by atoms with Gasteiger partial charge in [-0.25, -0.2) is 4.98 Å². The molecular formula is C22H22N2O3S. The number of amides is 1. The van der Waals surface area contributed by atoms with Crippen LogP contribution in [0.1, 0.15) is 18.9 Å². The van der Waals surface area contributed by atoms with Crippen molar-refractivity contribution in [3.05, 3.63) is 65.6 Å². The van der Waals surface area contributed by atoms with Crippen molar-refractivity contribution in [3.63, 3.8) is 0 Å². The molecule has 1 heterocycles. The minimum Gasteiger partial charge on any atom is -0.497 e. The van der Waals surface area contributed by atoms with Gasteiger partial charge in [-0.1, -0.05) is 37.3 Å². The van der Waals surface area contributed by atoms with Gasteiger partial charge in [-0.2, -0.15) is 0 Å². The Balaban J connectivity index is 1.66. The summed E-state index contributed by atoms with van der Waals surface area (Å²) in [6.07, 6.45) is 4.16. The largest absolute Gasteiger partial charge is 0.497 e. The maximum atomic E-state index is 12.3. The summed E-state index contributed by atoms with van der Waals surface area (Å²) in [4.78, 5) is 16.7. The predicted molar refractivity (Wildman–Crippen MR) is 114 cm³/mol. The molecule has 1 N–H and O–H groups in total. The highest BCUT2D eigenvalue weighted by molar-refractivity contribution is 7.14. The van der Waals surface area contributed by atoms with Crippen molar-refractivity contribution in [1.29, 1.82) is 0 Å². The highest BCUT2D eigenvalue weighted by atomic mass is 32.1. The smallest absolute Gasteiger partial charge is 0.250 e. The number of nitrogens with one attached hydrogen (secondary N) is 1. The molecule has 1 aromatic heterocycles. The summed E-state index contributed by atoms with van der Waals surface area (Å²) in [6, 6.07) is 15.3. The molecule has 0 saturated heterocycles. The molecule has 3 rings (SSSR count). The Morgan fingerprint density at radius 1 is 1.21 bits per heavy atom. The molecular weight excluding hydrogens is 372 g/mol. The van der Waals surface area contributed by atoms with E-state index >= 15 is 0 Å².